The number of allylic oxidation sites excluding steroid dienone is 2. The minimum Gasteiger partial charge on any atom is -0.362 e. The van der Waals surface area contributed by atoms with E-state index in [2.05, 4.69) is 75.7 Å². The van der Waals surface area contributed by atoms with E-state index in [0.717, 1.165) is 6.42 Å². The molecule has 3 nitrogen and oxygen atoms in total. The Morgan fingerprint density at radius 3 is 2.00 bits per heavy atom. The second-order valence-electron chi connectivity index (χ2n) is 7.08. The molecule has 126 valence electrons. The molecule has 24 heavy (non-hydrogen) atoms. The number of aryl methyl sites for hydroxylation is 1. The summed E-state index contributed by atoms with van der Waals surface area (Å²) in [6.07, 6.45) is 5.22. The van der Waals surface area contributed by atoms with Crippen molar-refractivity contribution in [1.29, 1.82) is 0 Å². The molecule has 2 aromatic heterocycles. The molecule has 0 bridgehead atoms. The molecule has 3 rings (SSSR count). The Morgan fingerprint density at radius 1 is 0.833 bits per heavy atom. The van der Waals surface area contributed by atoms with Crippen molar-refractivity contribution in [2.24, 2.45) is 0 Å². The molecular weight excluding hydrogens is 294 g/mol. The zero-order chi connectivity index (χ0) is 17.6. The SMILES string of the molecule is CC1=C(C)/C(=C/c2[nH]c(Cc3[nH]c(C)c(C)c3C)c(C)c2C)[NH+]=C1. The minimum absolute atomic E-state index is 0.920. The van der Waals surface area contributed by atoms with Gasteiger partial charge in [-0.15, -0.1) is 0 Å². The topological polar surface area (TPSA) is 45.5 Å². The van der Waals surface area contributed by atoms with Crippen LogP contribution in [-0.2, 0) is 6.42 Å². The van der Waals surface area contributed by atoms with Gasteiger partial charge < -0.3 is 9.97 Å². The first kappa shape index (κ1) is 16.6. The van der Waals surface area contributed by atoms with E-state index >= 15 is 0 Å². The van der Waals surface area contributed by atoms with Crippen molar-refractivity contribution in [3.8, 4) is 0 Å². The Kier molecular flexibility index (Phi) is 4.12. The van der Waals surface area contributed by atoms with Crippen molar-refractivity contribution in [3.63, 3.8) is 0 Å². The predicted octanol–water partition coefficient (Wildman–Crippen LogP) is 3.32. The zero-order valence-electron chi connectivity index (χ0n) is 15.9. The molecule has 3 heteroatoms. The second-order valence-corrected chi connectivity index (χ2v) is 7.08. The van der Waals surface area contributed by atoms with Crippen LogP contribution in [0.4, 0.5) is 0 Å². The van der Waals surface area contributed by atoms with Gasteiger partial charge in [0, 0.05) is 46.4 Å². The average Bonchev–Trinajstić information content (AvgIpc) is 3.09. The lowest BCUT2D eigenvalue weighted by Crippen LogP contribution is -2.64. The summed E-state index contributed by atoms with van der Waals surface area (Å²) < 4.78 is 0. The first-order chi connectivity index (χ1) is 11.3. The maximum atomic E-state index is 3.64. The molecule has 1 aliphatic heterocycles. The normalized spacial score (nSPS) is 16.0. The molecular formula is C21H28N3+. The summed E-state index contributed by atoms with van der Waals surface area (Å²) in [6, 6.07) is 0. The molecule has 3 heterocycles. The number of hydrogen-bond acceptors (Lipinski definition) is 0. The number of rotatable bonds is 3. The molecule has 3 N–H and O–H groups in total. The summed E-state index contributed by atoms with van der Waals surface area (Å²) in [4.78, 5) is 10.6. The van der Waals surface area contributed by atoms with Gasteiger partial charge in [0.05, 0.1) is 0 Å². The van der Waals surface area contributed by atoms with Gasteiger partial charge in [-0.3, -0.25) is 0 Å². The maximum Gasteiger partial charge on any atom is 0.209 e. The first-order valence-electron chi connectivity index (χ1n) is 8.61. The third-order valence-electron chi connectivity index (χ3n) is 5.70. The summed E-state index contributed by atoms with van der Waals surface area (Å²) in [5.41, 5.74) is 14.3. The Hall–Kier alpha value is -2.29. The smallest absolute Gasteiger partial charge is 0.209 e. The van der Waals surface area contributed by atoms with E-state index in [4.69, 9.17) is 0 Å². The fourth-order valence-electron chi connectivity index (χ4n) is 3.28. The second kappa shape index (κ2) is 5.97. The number of aromatic nitrogens is 2. The van der Waals surface area contributed by atoms with Gasteiger partial charge in [0.25, 0.3) is 0 Å². The lowest BCUT2D eigenvalue weighted by molar-refractivity contribution is -0.380. The van der Waals surface area contributed by atoms with Crippen LogP contribution in [0.1, 0.15) is 58.9 Å². The fourth-order valence-corrected chi connectivity index (χ4v) is 3.28. The Balaban J connectivity index is 1.96. The summed E-state index contributed by atoms with van der Waals surface area (Å²) in [5.74, 6) is 0. The zero-order valence-corrected chi connectivity index (χ0v) is 15.9. The largest absolute Gasteiger partial charge is 0.362 e. The molecule has 0 saturated carbocycles. The number of nitrogens with one attached hydrogen (secondary N) is 3. The van der Waals surface area contributed by atoms with Crippen LogP contribution in [0.25, 0.3) is 6.08 Å². The van der Waals surface area contributed by atoms with Gasteiger partial charge >= 0.3 is 0 Å². The Labute approximate surface area is 144 Å². The minimum atomic E-state index is 0.920. The highest BCUT2D eigenvalue weighted by Crippen LogP contribution is 2.25. The van der Waals surface area contributed by atoms with Gasteiger partial charge in [0.15, 0.2) is 6.21 Å². The van der Waals surface area contributed by atoms with Crippen molar-refractivity contribution in [1.82, 2.24) is 9.97 Å². The summed E-state index contributed by atoms with van der Waals surface area (Å²) in [5, 5.41) is 0. The van der Waals surface area contributed by atoms with Gasteiger partial charge in [-0.25, -0.2) is 4.99 Å². The molecule has 0 unspecified atom stereocenters. The van der Waals surface area contributed by atoms with Crippen LogP contribution < -0.4 is 4.99 Å². The van der Waals surface area contributed by atoms with E-state index in [1.165, 1.54) is 61.9 Å². The molecule has 0 aromatic carbocycles. The third kappa shape index (κ3) is 2.68. The molecule has 0 saturated heterocycles. The van der Waals surface area contributed by atoms with Crippen LogP contribution in [0.5, 0.6) is 0 Å². The number of aromatic amines is 2. The molecule has 0 spiro atoms. The summed E-state index contributed by atoms with van der Waals surface area (Å²) in [6.45, 7) is 15.3. The van der Waals surface area contributed by atoms with Crippen LogP contribution in [0.3, 0.4) is 0 Å². The Morgan fingerprint density at radius 2 is 1.46 bits per heavy atom. The van der Waals surface area contributed by atoms with Crippen molar-refractivity contribution < 1.29 is 4.99 Å². The predicted molar refractivity (Wildman–Crippen MR) is 101 cm³/mol. The molecule has 2 aromatic rings. The van der Waals surface area contributed by atoms with Gasteiger partial charge in [-0.2, -0.15) is 0 Å². The third-order valence-corrected chi connectivity index (χ3v) is 5.70. The molecule has 0 amide bonds. The van der Waals surface area contributed by atoms with E-state index in [1.807, 2.05) is 0 Å². The van der Waals surface area contributed by atoms with Gasteiger partial charge in [0.1, 0.15) is 0 Å². The highest BCUT2D eigenvalue weighted by Gasteiger charge is 2.18. The quantitative estimate of drug-likeness (QED) is 0.776. The van der Waals surface area contributed by atoms with Crippen LogP contribution in [0.15, 0.2) is 16.8 Å². The Bertz CT molecular complexity index is 898. The lowest BCUT2D eigenvalue weighted by atomic mass is 10.1. The highest BCUT2D eigenvalue weighted by atomic mass is 14.8. The van der Waals surface area contributed by atoms with Crippen molar-refractivity contribution >= 4 is 12.3 Å². The van der Waals surface area contributed by atoms with Crippen molar-refractivity contribution in [2.75, 3.05) is 0 Å². The van der Waals surface area contributed by atoms with Crippen LogP contribution in [0, 0.1) is 34.6 Å². The van der Waals surface area contributed by atoms with Gasteiger partial charge in [0.2, 0.25) is 5.70 Å². The first-order valence-corrected chi connectivity index (χ1v) is 8.61. The maximum absolute atomic E-state index is 3.64. The fraction of sp³-hybridized carbons (Fsp3) is 0.381. The summed E-state index contributed by atoms with van der Waals surface area (Å²) in [7, 11) is 0. The molecule has 0 radical (unpaired) electrons. The van der Waals surface area contributed by atoms with Gasteiger partial charge in [-0.05, 0) is 70.7 Å². The van der Waals surface area contributed by atoms with E-state index in [0.29, 0.717) is 0 Å². The standard InChI is InChI=1S/C21H27N3/c1-11-10-22-18(12(11)2)8-20-15(5)16(6)21(24-20)9-19-14(4)13(3)17(7)23-19/h8,10,23-24H,9H2,1-7H3/p+1/b18-8-. The molecule has 0 aliphatic carbocycles. The molecule has 0 atom stereocenters. The van der Waals surface area contributed by atoms with E-state index in [9.17, 15) is 0 Å². The highest BCUT2D eigenvalue weighted by molar-refractivity contribution is 5.80. The number of hydrogen-bond donors (Lipinski definition) is 3. The molecule has 0 fully saturated rings. The van der Waals surface area contributed by atoms with E-state index in [-0.39, 0.29) is 0 Å². The van der Waals surface area contributed by atoms with E-state index in [1.54, 1.807) is 0 Å². The lowest BCUT2D eigenvalue weighted by Gasteiger charge is -2.01. The van der Waals surface area contributed by atoms with E-state index < -0.39 is 0 Å². The summed E-state index contributed by atoms with van der Waals surface area (Å²) >= 11 is 0. The average molecular weight is 322 g/mol. The van der Waals surface area contributed by atoms with Crippen LogP contribution >= 0.6 is 0 Å². The van der Waals surface area contributed by atoms with Crippen molar-refractivity contribution in [3.05, 3.63) is 61.9 Å². The number of H-pyrrole nitrogens is 2. The monoisotopic (exact) mass is 322 g/mol. The van der Waals surface area contributed by atoms with Crippen LogP contribution in [-0.4, -0.2) is 16.2 Å². The molecule has 1 aliphatic rings. The van der Waals surface area contributed by atoms with Crippen molar-refractivity contribution in [2.45, 2.75) is 54.9 Å². The van der Waals surface area contributed by atoms with Crippen LogP contribution in [0.2, 0.25) is 0 Å². The van der Waals surface area contributed by atoms with Gasteiger partial charge in [-0.1, -0.05) is 0 Å².